The van der Waals surface area contributed by atoms with Crippen LogP contribution in [0.25, 0.3) is 97.0 Å². The standard InChI is InChI=1S/C56H35NOS/c1-2-13-36(14-3-1)44-28-25-40(50-33-39-15-4-5-18-43(39)45-19-6-7-20-46(45)50)34-52(44)57(42-27-29-49-48-22-9-11-24-55(48)59-56(49)35-42)41-17-12-16-37(31-41)38-26-30-54-51(32-38)47-21-8-10-23-53(47)58-54/h1-35H. The van der Waals surface area contributed by atoms with Gasteiger partial charge in [0, 0.05) is 47.9 Å². The lowest BCUT2D eigenvalue weighted by molar-refractivity contribution is 0.669. The summed E-state index contributed by atoms with van der Waals surface area (Å²) in [4.78, 5) is 2.47. The Morgan fingerprint density at radius 1 is 0.322 bits per heavy atom. The van der Waals surface area contributed by atoms with Crippen LogP contribution >= 0.6 is 11.3 Å². The first kappa shape index (κ1) is 33.7. The van der Waals surface area contributed by atoms with Crippen molar-refractivity contribution >= 4 is 92.1 Å². The van der Waals surface area contributed by atoms with E-state index in [0.717, 1.165) is 55.7 Å². The summed E-state index contributed by atoms with van der Waals surface area (Å²) in [6.07, 6.45) is 0. The summed E-state index contributed by atoms with van der Waals surface area (Å²) in [5.41, 5.74) is 12.1. The number of rotatable bonds is 6. The number of furan rings is 1. The molecule has 0 atom stereocenters. The van der Waals surface area contributed by atoms with E-state index in [9.17, 15) is 0 Å². The van der Waals surface area contributed by atoms with Crippen LogP contribution in [0.2, 0.25) is 0 Å². The van der Waals surface area contributed by atoms with Gasteiger partial charge in [-0.3, -0.25) is 0 Å². The summed E-state index contributed by atoms with van der Waals surface area (Å²) >= 11 is 1.85. The molecule has 276 valence electrons. The molecular weight excluding hydrogens is 735 g/mol. The van der Waals surface area contributed by atoms with Crippen molar-refractivity contribution in [2.45, 2.75) is 0 Å². The third kappa shape index (κ3) is 5.62. The Labute approximate surface area is 345 Å². The number of anilines is 3. The van der Waals surface area contributed by atoms with Crippen LogP contribution in [-0.2, 0) is 0 Å². The number of fused-ring (bicyclic) bond motifs is 9. The lowest BCUT2D eigenvalue weighted by Crippen LogP contribution is -2.11. The lowest BCUT2D eigenvalue weighted by Gasteiger charge is -2.29. The molecule has 0 unspecified atom stereocenters. The minimum Gasteiger partial charge on any atom is -0.456 e. The highest BCUT2D eigenvalue weighted by Gasteiger charge is 2.21. The molecule has 0 bridgehead atoms. The van der Waals surface area contributed by atoms with Crippen LogP contribution in [0.3, 0.4) is 0 Å². The molecule has 2 aromatic heterocycles. The van der Waals surface area contributed by atoms with Gasteiger partial charge in [-0.25, -0.2) is 0 Å². The van der Waals surface area contributed by atoms with Gasteiger partial charge in [0.1, 0.15) is 11.2 Å². The van der Waals surface area contributed by atoms with Crippen LogP contribution in [0.5, 0.6) is 0 Å². The van der Waals surface area contributed by atoms with Gasteiger partial charge in [0.05, 0.1) is 5.69 Å². The van der Waals surface area contributed by atoms with E-state index in [-0.39, 0.29) is 0 Å². The number of thiophene rings is 1. The molecular formula is C56H35NOS. The van der Waals surface area contributed by atoms with Crippen molar-refractivity contribution < 1.29 is 4.42 Å². The molecule has 10 aromatic carbocycles. The van der Waals surface area contributed by atoms with E-state index >= 15 is 0 Å². The van der Waals surface area contributed by atoms with E-state index < -0.39 is 0 Å². The van der Waals surface area contributed by atoms with E-state index in [1.165, 1.54) is 58.4 Å². The highest BCUT2D eigenvalue weighted by molar-refractivity contribution is 7.25. The fraction of sp³-hybridized carbons (Fsp3) is 0. The van der Waals surface area contributed by atoms with Gasteiger partial charge in [-0.15, -0.1) is 11.3 Å². The van der Waals surface area contributed by atoms with Crippen molar-refractivity contribution in [1.29, 1.82) is 0 Å². The molecule has 2 nitrogen and oxygen atoms in total. The molecule has 59 heavy (non-hydrogen) atoms. The van der Waals surface area contributed by atoms with Crippen LogP contribution in [0.1, 0.15) is 0 Å². The average Bonchev–Trinajstić information content (AvgIpc) is 3.87. The van der Waals surface area contributed by atoms with E-state index in [4.69, 9.17) is 4.42 Å². The lowest BCUT2D eigenvalue weighted by atomic mass is 9.91. The van der Waals surface area contributed by atoms with E-state index in [1.807, 2.05) is 23.5 Å². The van der Waals surface area contributed by atoms with Gasteiger partial charge < -0.3 is 9.32 Å². The first-order valence-electron chi connectivity index (χ1n) is 20.1. The van der Waals surface area contributed by atoms with Gasteiger partial charge >= 0.3 is 0 Å². The van der Waals surface area contributed by atoms with Crippen molar-refractivity contribution in [2.24, 2.45) is 0 Å². The highest BCUT2D eigenvalue weighted by atomic mass is 32.1. The third-order valence-corrected chi connectivity index (χ3v) is 13.0. The minimum atomic E-state index is 0.898. The second-order valence-electron chi connectivity index (χ2n) is 15.3. The molecule has 0 saturated carbocycles. The maximum Gasteiger partial charge on any atom is 0.135 e. The van der Waals surface area contributed by atoms with Gasteiger partial charge in [-0.2, -0.15) is 0 Å². The number of hydrogen-bond acceptors (Lipinski definition) is 3. The van der Waals surface area contributed by atoms with Gasteiger partial charge in [0.2, 0.25) is 0 Å². The Kier molecular flexibility index (Phi) is 7.75. The maximum absolute atomic E-state index is 6.22. The quantitative estimate of drug-likeness (QED) is 0.157. The molecule has 0 N–H and O–H groups in total. The monoisotopic (exact) mass is 769 g/mol. The summed E-state index contributed by atoms with van der Waals surface area (Å²) in [6, 6.07) is 77.3. The normalized spacial score (nSPS) is 11.7. The smallest absolute Gasteiger partial charge is 0.135 e. The van der Waals surface area contributed by atoms with E-state index in [2.05, 4.69) is 205 Å². The number of para-hydroxylation sites is 1. The number of benzene rings is 10. The summed E-state index contributed by atoms with van der Waals surface area (Å²) in [5.74, 6) is 0. The number of hydrogen-bond donors (Lipinski definition) is 0. The topological polar surface area (TPSA) is 16.4 Å². The predicted molar refractivity (Wildman–Crippen MR) is 253 cm³/mol. The molecule has 0 fully saturated rings. The van der Waals surface area contributed by atoms with E-state index in [0.29, 0.717) is 0 Å². The Morgan fingerprint density at radius 3 is 1.88 bits per heavy atom. The zero-order chi connectivity index (χ0) is 38.9. The molecule has 0 radical (unpaired) electrons. The Hall–Kier alpha value is -7.46. The average molecular weight is 770 g/mol. The molecule has 0 aliphatic heterocycles. The maximum atomic E-state index is 6.22. The van der Waals surface area contributed by atoms with Crippen molar-refractivity contribution in [3.05, 3.63) is 212 Å². The molecule has 12 aromatic rings. The highest BCUT2D eigenvalue weighted by Crippen LogP contribution is 2.47. The summed E-state index contributed by atoms with van der Waals surface area (Å²) in [7, 11) is 0. The van der Waals surface area contributed by atoms with Crippen molar-refractivity contribution in [2.75, 3.05) is 4.90 Å². The Morgan fingerprint density at radius 2 is 0.983 bits per heavy atom. The summed E-state index contributed by atoms with van der Waals surface area (Å²) < 4.78 is 8.78. The zero-order valence-electron chi connectivity index (χ0n) is 32.0. The van der Waals surface area contributed by atoms with Crippen LogP contribution in [0.15, 0.2) is 217 Å². The van der Waals surface area contributed by atoms with Crippen LogP contribution in [0.4, 0.5) is 17.1 Å². The largest absolute Gasteiger partial charge is 0.456 e. The molecule has 12 rings (SSSR count). The molecule has 0 aliphatic carbocycles. The second kappa shape index (κ2) is 13.6. The SMILES string of the molecule is c1ccc(-c2ccc(-c3cc4ccccc4c4ccccc34)cc2N(c2cccc(-c3ccc4oc5ccccc5c4c3)c2)c2ccc3c(c2)sc2ccccc23)cc1. The van der Waals surface area contributed by atoms with Crippen molar-refractivity contribution in [3.63, 3.8) is 0 Å². The Bertz CT molecular complexity index is 3580. The first-order valence-corrected chi connectivity index (χ1v) is 20.9. The summed E-state index contributed by atoms with van der Waals surface area (Å²) in [5, 5.41) is 9.83. The second-order valence-corrected chi connectivity index (χ2v) is 16.3. The molecule has 0 amide bonds. The molecule has 0 aliphatic rings. The minimum absolute atomic E-state index is 0.898. The van der Waals surface area contributed by atoms with Crippen LogP contribution < -0.4 is 4.90 Å². The molecule has 2 heterocycles. The van der Waals surface area contributed by atoms with Gasteiger partial charge in [-0.1, -0.05) is 152 Å². The predicted octanol–water partition coefficient (Wildman–Crippen LogP) is 16.7. The fourth-order valence-corrected chi connectivity index (χ4v) is 10.2. The van der Waals surface area contributed by atoms with Gasteiger partial charge in [0.15, 0.2) is 0 Å². The zero-order valence-corrected chi connectivity index (χ0v) is 32.8. The van der Waals surface area contributed by atoms with Crippen molar-refractivity contribution in [1.82, 2.24) is 0 Å². The van der Waals surface area contributed by atoms with Gasteiger partial charge in [0.25, 0.3) is 0 Å². The molecule has 0 spiro atoms. The fourth-order valence-electron chi connectivity index (χ4n) is 9.05. The van der Waals surface area contributed by atoms with Gasteiger partial charge in [-0.05, 0) is 110 Å². The first-order chi connectivity index (χ1) is 29.2. The molecule has 0 saturated heterocycles. The number of nitrogens with zero attached hydrogens (tertiary/aromatic N) is 1. The van der Waals surface area contributed by atoms with Crippen molar-refractivity contribution in [3.8, 4) is 33.4 Å². The van der Waals surface area contributed by atoms with E-state index in [1.54, 1.807) is 0 Å². The molecule has 3 heteroatoms. The summed E-state index contributed by atoms with van der Waals surface area (Å²) in [6.45, 7) is 0. The van der Waals surface area contributed by atoms with Crippen LogP contribution in [-0.4, -0.2) is 0 Å². The third-order valence-electron chi connectivity index (χ3n) is 11.8. The Balaban J connectivity index is 1.12. The van der Waals surface area contributed by atoms with Crippen LogP contribution in [0, 0.1) is 0 Å².